The van der Waals surface area contributed by atoms with Gasteiger partial charge in [0.1, 0.15) is 11.2 Å². The Balaban J connectivity index is 1.34. The van der Waals surface area contributed by atoms with Crippen molar-refractivity contribution in [1.29, 1.82) is 0 Å². The van der Waals surface area contributed by atoms with Crippen LogP contribution in [-0.4, -0.2) is 0 Å². The lowest BCUT2D eigenvalue weighted by atomic mass is 9.94. The Hall–Kier alpha value is -6.06. The smallest absolute Gasteiger partial charge is 0.159 e. The molecule has 8 aromatic carbocycles. The third kappa shape index (κ3) is 3.46. The van der Waals surface area contributed by atoms with Gasteiger partial charge in [-0.3, -0.25) is 0 Å². The molecule has 10 aromatic rings. The second kappa shape index (κ2) is 9.22. The largest absolute Gasteiger partial charge is 0.454 e. The van der Waals surface area contributed by atoms with Gasteiger partial charge in [0.05, 0.1) is 11.4 Å². The summed E-state index contributed by atoms with van der Waals surface area (Å²) < 4.78 is 13.2. The van der Waals surface area contributed by atoms with Crippen LogP contribution >= 0.6 is 0 Å². The van der Waals surface area contributed by atoms with E-state index < -0.39 is 0 Å². The van der Waals surface area contributed by atoms with Crippen molar-refractivity contribution in [3.63, 3.8) is 0 Å². The normalized spacial score (nSPS) is 12.0. The van der Waals surface area contributed by atoms with Crippen molar-refractivity contribution < 1.29 is 8.83 Å². The minimum atomic E-state index is 0.843. The molecular weight excluding hydrogens is 550 g/mol. The van der Waals surface area contributed by atoms with Crippen LogP contribution in [0.3, 0.4) is 0 Å². The fourth-order valence-electron chi connectivity index (χ4n) is 7.26. The molecule has 210 valence electrons. The van der Waals surface area contributed by atoms with Crippen LogP contribution < -0.4 is 4.90 Å². The van der Waals surface area contributed by atoms with Crippen LogP contribution in [0, 0.1) is 0 Å². The molecule has 2 aromatic heterocycles. The number of fused-ring (bicyclic) bond motifs is 12. The second-order valence-corrected chi connectivity index (χ2v) is 11.7. The van der Waals surface area contributed by atoms with Crippen molar-refractivity contribution in [3.8, 4) is 0 Å². The van der Waals surface area contributed by atoms with E-state index in [1.807, 2.05) is 24.3 Å². The molecule has 45 heavy (non-hydrogen) atoms. The quantitative estimate of drug-likeness (QED) is 0.196. The molecule has 0 fully saturated rings. The summed E-state index contributed by atoms with van der Waals surface area (Å²) in [6.07, 6.45) is 0. The van der Waals surface area contributed by atoms with E-state index in [9.17, 15) is 0 Å². The van der Waals surface area contributed by atoms with Crippen molar-refractivity contribution in [2.75, 3.05) is 4.90 Å². The predicted molar refractivity (Wildman–Crippen MR) is 188 cm³/mol. The highest BCUT2D eigenvalue weighted by Gasteiger charge is 2.23. The van der Waals surface area contributed by atoms with E-state index in [0.29, 0.717) is 0 Å². The van der Waals surface area contributed by atoms with Gasteiger partial charge in [0.2, 0.25) is 0 Å². The van der Waals surface area contributed by atoms with E-state index in [1.54, 1.807) is 0 Å². The minimum Gasteiger partial charge on any atom is -0.454 e. The molecule has 0 atom stereocenters. The average Bonchev–Trinajstić information content (AvgIpc) is 3.68. The molecule has 0 aliphatic rings. The highest BCUT2D eigenvalue weighted by Crippen LogP contribution is 2.47. The Morgan fingerprint density at radius 3 is 1.22 bits per heavy atom. The maximum absolute atomic E-state index is 6.62. The second-order valence-electron chi connectivity index (χ2n) is 11.7. The number of hydrogen-bond acceptors (Lipinski definition) is 3. The first kappa shape index (κ1) is 24.4. The summed E-state index contributed by atoms with van der Waals surface area (Å²) in [5, 5.41) is 11.8. The molecule has 3 heteroatoms. The monoisotopic (exact) mass is 575 g/mol. The lowest BCUT2D eigenvalue weighted by Crippen LogP contribution is -2.10. The van der Waals surface area contributed by atoms with Crippen molar-refractivity contribution in [1.82, 2.24) is 0 Å². The predicted octanol–water partition coefficient (Wildman–Crippen LogP) is 12.4. The summed E-state index contributed by atoms with van der Waals surface area (Å²) in [6, 6.07) is 53.6. The fraction of sp³-hybridized carbons (Fsp3) is 0. The van der Waals surface area contributed by atoms with Gasteiger partial charge in [-0.1, -0.05) is 115 Å². The van der Waals surface area contributed by atoms with Gasteiger partial charge in [0.15, 0.2) is 11.2 Å². The molecule has 0 spiro atoms. The molecule has 0 amide bonds. The molecule has 0 aliphatic carbocycles. The minimum absolute atomic E-state index is 0.843. The molecule has 0 saturated carbocycles. The first-order chi connectivity index (χ1) is 22.3. The van der Waals surface area contributed by atoms with E-state index in [2.05, 4.69) is 132 Å². The summed E-state index contributed by atoms with van der Waals surface area (Å²) in [7, 11) is 0. The van der Waals surface area contributed by atoms with E-state index in [4.69, 9.17) is 8.83 Å². The highest BCUT2D eigenvalue weighted by atomic mass is 16.3. The summed E-state index contributed by atoms with van der Waals surface area (Å²) in [4.78, 5) is 2.30. The first-order valence-corrected chi connectivity index (χ1v) is 15.3. The van der Waals surface area contributed by atoms with Gasteiger partial charge >= 0.3 is 0 Å². The molecule has 0 unspecified atom stereocenters. The number of anilines is 3. The molecular formula is C42H25NO2. The van der Waals surface area contributed by atoms with Gasteiger partial charge in [-0.2, -0.15) is 0 Å². The van der Waals surface area contributed by atoms with Gasteiger partial charge in [-0.15, -0.1) is 0 Å². The Morgan fingerprint density at radius 1 is 0.311 bits per heavy atom. The third-order valence-corrected chi connectivity index (χ3v) is 9.23. The third-order valence-electron chi connectivity index (χ3n) is 9.23. The van der Waals surface area contributed by atoms with Crippen LogP contribution in [0.2, 0.25) is 0 Å². The SMILES string of the molecule is c1ccc2c(c1)oc1c(N(c3ccc4c5ccccc5c5ccccc5c4c3)c3cccc4c3oc3ccccc34)cccc12. The number of furan rings is 2. The van der Waals surface area contributed by atoms with E-state index >= 15 is 0 Å². The van der Waals surface area contributed by atoms with Gasteiger partial charge in [0, 0.05) is 27.2 Å². The molecule has 0 aliphatic heterocycles. The molecule has 0 bridgehead atoms. The van der Waals surface area contributed by atoms with Crippen LogP contribution in [0.15, 0.2) is 160 Å². The standard InChI is InChI=1S/C42H25NO2/c1-2-13-29-27(11-1)28-12-3-4-14-30(28)36-25-26(23-24-31(29)36)43(37-19-9-17-34-32-15-5-7-21-39(32)44-41(34)37)38-20-10-18-35-33-16-6-8-22-40(33)45-42(35)38/h1-25H. The van der Waals surface area contributed by atoms with E-state index in [-0.39, 0.29) is 0 Å². The van der Waals surface area contributed by atoms with Gasteiger partial charge in [-0.25, -0.2) is 0 Å². The molecule has 10 rings (SSSR count). The number of rotatable bonds is 3. The Kier molecular flexibility index (Phi) is 5.00. The molecule has 0 radical (unpaired) electrons. The van der Waals surface area contributed by atoms with Crippen molar-refractivity contribution in [2.24, 2.45) is 0 Å². The lowest BCUT2D eigenvalue weighted by Gasteiger charge is -2.26. The van der Waals surface area contributed by atoms with Gasteiger partial charge in [-0.05, 0) is 68.7 Å². The van der Waals surface area contributed by atoms with Crippen molar-refractivity contribution in [2.45, 2.75) is 0 Å². The average molecular weight is 576 g/mol. The Labute approximate surface area is 258 Å². The van der Waals surface area contributed by atoms with Crippen LogP contribution in [-0.2, 0) is 0 Å². The summed E-state index contributed by atoms with van der Waals surface area (Å²) in [6.45, 7) is 0. The lowest BCUT2D eigenvalue weighted by molar-refractivity contribution is 0.666. The molecule has 0 saturated heterocycles. The maximum Gasteiger partial charge on any atom is 0.159 e. The van der Waals surface area contributed by atoms with E-state index in [1.165, 1.54) is 32.3 Å². The summed E-state index contributed by atoms with van der Waals surface area (Å²) in [5.74, 6) is 0. The zero-order chi connectivity index (χ0) is 29.5. The summed E-state index contributed by atoms with van der Waals surface area (Å²) in [5.41, 5.74) is 6.38. The number of para-hydroxylation sites is 4. The van der Waals surface area contributed by atoms with Crippen LogP contribution in [0.5, 0.6) is 0 Å². The number of nitrogens with zero attached hydrogens (tertiary/aromatic N) is 1. The van der Waals surface area contributed by atoms with E-state index in [0.717, 1.165) is 60.9 Å². The zero-order valence-electron chi connectivity index (χ0n) is 24.2. The number of benzene rings is 8. The zero-order valence-corrected chi connectivity index (χ0v) is 24.2. The van der Waals surface area contributed by atoms with Crippen molar-refractivity contribution >= 4 is 93.3 Å². The first-order valence-electron chi connectivity index (χ1n) is 15.3. The maximum atomic E-state index is 6.62. The van der Waals surface area contributed by atoms with Crippen molar-refractivity contribution in [3.05, 3.63) is 152 Å². The Bertz CT molecular complexity index is 2630. The van der Waals surface area contributed by atoms with Gasteiger partial charge < -0.3 is 13.7 Å². The molecule has 2 heterocycles. The molecule has 0 N–H and O–H groups in total. The molecule has 3 nitrogen and oxygen atoms in total. The Morgan fingerprint density at radius 2 is 0.711 bits per heavy atom. The highest BCUT2D eigenvalue weighted by molar-refractivity contribution is 6.26. The van der Waals surface area contributed by atoms with Crippen LogP contribution in [0.1, 0.15) is 0 Å². The van der Waals surface area contributed by atoms with Gasteiger partial charge in [0.25, 0.3) is 0 Å². The van der Waals surface area contributed by atoms with Crippen LogP contribution in [0.25, 0.3) is 76.2 Å². The topological polar surface area (TPSA) is 29.5 Å². The fourth-order valence-corrected chi connectivity index (χ4v) is 7.26. The van der Waals surface area contributed by atoms with Crippen LogP contribution in [0.4, 0.5) is 17.1 Å². The number of hydrogen-bond donors (Lipinski definition) is 0. The summed E-state index contributed by atoms with van der Waals surface area (Å²) >= 11 is 0.